The number of aliphatic imine (C=N–C) groups is 2. The van der Waals surface area contributed by atoms with Gasteiger partial charge in [0.2, 0.25) is 0 Å². The van der Waals surface area contributed by atoms with Crippen LogP contribution in [0.15, 0.2) is 130 Å². The van der Waals surface area contributed by atoms with Crippen molar-refractivity contribution in [1.82, 2.24) is 0 Å². The van der Waals surface area contributed by atoms with Gasteiger partial charge in [-0.2, -0.15) is 0 Å². The molecule has 0 saturated heterocycles. The quantitative estimate of drug-likeness (QED) is 0.0432. The predicted octanol–water partition coefficient (Wildman–Crippen LogP) is 10.7. The van der Waals surface area contributed by atoms with E-state index in [4.69, 9.17) is 18.9 Å². The molecule has 5 aromatic rings. The summed E-state index contributed by atoms with van der Waals surface area (Å²) < 4.78 is 23.1. The van der Waals surface area contributed by atoms with Crippen molar-refractivity contribution in [3.8, 4) is 23.0 Å². The summed E-state index contributed by atoms with van der Waals surface area (Å²) in [5, 5.41) is 0. The summed E-state index contributed by atoms with van der Waals surface area (Å²) in [6.07, 6.45) is 7.66. The first-order chi connectivity index (χ1) is 24.9. The molecular formula is C42H39BrN2O6. The van der Waals surface area contributed by atoms with Crippen molar-refractivity contribution >= 4 is 51.7 Å². The van der Waals surface area contributed by atoms with Gasteiger partial charge in [0.25, 0.3) is 0 Å². The third-order valence-electron chi connectivity index (χ3n) is 7.54. The maximum absolute atomic E-state index is 13.0. The number of ether oxygens (including phenoxy) is 4. The highest BCUT2D eigenvalue weighted by atomic mass is 79.9. The van der Waals surface area contributed by atoms with E-state index in [9.17, 15) is 9.59 Å². The van der Waals surface area contributed by atoms with E-state index in [-0.39, 0.29) is 11.5 Å². The van der Waals surface area contributed by atoms with Crippen LogP contribution in [0, 0.1) is 0 Å². The minimum atomic E-state index is -0.560. The monoisotopic (exact) mass is 746 g/mol. The number of carbonyl (C=O) groups is 2. The average molecular weight is 748 g/mol. The molecule has 0 aliphatic heterocycles. The largest absolute Gasteiger partial charge is 0.494 e. The second-order valence-corrected chi connectivity index (χ2v) is 12.4. The topological polar surface area (TPSA) is 95.8 Å². The molecular weight excluding hydrogens is 708 g/mol. The highest BCUT2D eigenvalue weighted by molar-refractivity contribution is 9.10. The van der Waals surface area contributed by atoms with E-state index in [0.717, 1.165) is 59.7 Å². The van der Waals surface area contributed by atoms with Gasteiger partial charge in [0.1, 0.15) is 23.0 Å². The van der Waals surface area contributed by atoms with Crippen LogP contribution in [0.5, 0.6) is 23.0 Å². The van der Waals surface area contributed by atoms with Crippen molar-refractivity contribution in [1.29, 1.82) is 0 Å². The van der Waals surface area contributed by atoms with Crippen molar-refractivity contribution in [2.24, 2.45) is 9.98 Å². The normalized spacial score (nSPS) is 11.1. The molecule has 0 aliphatic rings. The Kier molecular flexibility index (Phi) is 13.7. The number of hydrogen-bond donors (Lipinski definition) is 0. The Bertz CT molecular complexity index is 1940. The van der Waals surface area contributed by atoms with E-state index in [0.29, 0.717) is 28.8 Å². The van der Waals surface area contributed by atoms with Crippen LogP contribution < -0.4 is 18.9 Å². The molecule has 0 spiro atoms. The number of esters is 2. The Morgan fingerprint density at radius 3 is 1.45 bits per heavy atom. The fourth-order valence-electron chi connectivity index (χ4n) is 4.58. The second kappa shape index (κ2) is 19.0. The minimum Gasteiger partial charge on any atom is -0.494 e. The van der Waals surface area contributed by atoms with Gasteiger partial charge in [-0.15, -0.1) is 0 Å². The van der Waals surface area contributed by atoms with Crippen LogP contribution in [0.1, 0.15) is 71.4 Å². The molecule has 8 nitrogen and oxygen atoms in total. The fourth-order valence-corrected chi connectivity index (χ4v) is 4.91. The van der Waals surface area contributed by atoms with E-state index in [1.54, 1.807) is 73.1 Å². The molecule has 5 aromatic carbocycles. The number of benzene rings is 5. The van der Waals surface area contributed by atoms with Gasteiger partial charge < -0.3 is 18.9 Å². The zero-order valence-corrected chi connectivity index (χ0v) is 30.2. The van der Waals surface area contributed by atoms with Crippen molar-refractivity contribution in [2.45, 2.75) is 39.5 Å². The molecule has 0 heterocycles. The number of unbranched alkanes of at least 4 members (excludes halogenated alkanes) is 2. The van der Waals surface area contributed by atoms with Crippen LogP contribution in [0.25, 0.3) is 0 Å². The Balaban J connectivity index is 1.13. The van der Waals surface area contributed by atoms with Crippen LogP contribution in [0.4, 0.5) is 11.4 Å². The zero-order valence-electron chi connectivity index (χ0n) is 28.6. The highest BCUT2D eigenvalue weighted by Gasteiger charge is 2.15. The summed E-state index contributed by atoms with van der Waals surface area (Å²) in [6, 6.07) is 33.8. The molecule has 0 aromatic heterocycles. The molecule has 0 amide bonds. The predicted molar refractivity (Wildman–Crippen MR) is 205 cm³/mol. The van der Waals surface area contributed by atoms with E-state index in [1.165, 1.54) is 6.07 Å². The van der Waals surface area contributed by atoms with Crippen molar-refractivity contribution in [3.05, 3.63) is 142 Å². The van der Waals surface area contributed by atoms with E-state index in [2.05, 4.69) is 39.8 Å². The SMILES string of the molecule is CCCCOc1ccc(N=Cc2ccc(C(=O)Oc3ccc(Br)c(OC(=O)c4ccc(C=Nc5ccc(OCCCC)cc5)cc4)c3)cc2)cc1. The molecule has 51 heavy (non-hydrogen) atoms. The van der Waals surface area contributed by atoms with Gasteiger partial charge >= 0.3 is 11.9 Å². The average Bonchev–Trinajstić information content (AvgIpc) is 3.16. The van der Waals surface area contributed by atoms with Crippen molar-refractivity contribution in [3.63, 3.8) is 0 Å². The summed E-state index contributed by atoms with van der Waals surface area (Å²) in [6.45, 7) is 5.65. The third-order valence-corrected chi connectivity index (χ3v) is 8.20. The minimum absolute atomic E-state index is 0.213. The summed E-state index contributed by atoms with van der Waals surface area (Å²) in [5.41, 5.74) is 3.95. The number of rotatable bonds is 16. The van der Waals surface area contributed by atoms with Crippen LogP contribution in [0.3, 0.4) is 0 Å². The first-order valence-corrected chi connectivity index (χ1v) is 17.7. The molecule has 0 aliphatic carbocycles. The third kappa shape index (κ3) is 11.5. The Labute approximate surface area is 306 Å². The van der Waals surface area contributed by atoms with Crippen LogP contribution in [-0.2, 0) is 0 Å². The number of nitrogens with zero attached hydrogens (tertiary/aromatic N) is 2. The van der Waals surface area contributed by atoms with Gasteiger partial charge in [-0.05, 0) is 125 Å². The van der Waals surface area contributed by atoms with Crippen molar-refractivity contribution in [2.75, 3.05) is 13.2 Å². The standard InChI is InChI=1S/C42H39BrN2O6/c1-3-5-25-48-36-19-15-34(16-20-36)44-28-30-7-11-32(12-8-30)41(46)50-38-23-24-39(43)40(27-38)51-42(47)33-13-9-31(10-14-33)29-45-35-17-21-37(22-18-35)49-26-6-4-2/h7-24,27-29H,3-6,25-26H2,1-2H3. The van der Waals surface area contributed by atoms with Crippen molar-refractivity contribution < 1.29 is 28.5 Å². The lowest BCUT2D eigenvalue weighted by Gasteiger charge is -2.10. The van der Waals surface area contributed by atoms with Gasteiger partial charge in [0.15, 0.2) is 0 Å². The molecule has 5 rings (SSSR count). The number of carbonyl (C=O) groups excluding carboxylic acids is 2. The summed E-state index contributed by atoms with van der Waals surface area (Å²) in [7, 11) is 0. The van der Waals surface area contributed by atoms with Crippen LogP contribution in [-0.4, -0.2) is 37.6 Å². The van der Waals surface area contributed by atoms with Crippen LogP contribution >= 0.6 is 15.9 Å². The highest BCUT2D eigenvalue weighted by Crippen LogP contribution is 2.31. The maximum Gasteiger partial charge on any atom is 0.343 e. The van der Waals surface area contributed by atoms with Gasteiger partial charge in [0.05, 0.1) is 40.2 Å². The molecule has 0 unspecified atom stereocenters. The lowest BCUT2D eigenvalue weighted by atomic mass is 10.1. The number of hydrogen-bond acceptors (Lipinski definition) is 8. The molecule has 9 heteroatoms. The van der Waals surface area contributed by atoms with Gasteiger partial charge in [0, 0.05) is 18.5 Å². The Hall–Kier alpha value is -5.54. The summed E-state index contributed by atoms with van der Waals surface area (Å²) in [4.78, 5) is 34.9. The smallest absolute Gasteiger partial charge is 0.343 e. The molecule has 260 valence electrons. The van der Waals surface area contributed by atoms with Gasteiger partial charge in [-0.3, -0.25) is 9.98 Å². The van der Waals surface area contributed by atoms with E-state index in [1.807, 2.05) is 48.5 Å². The van der Waals surface area contributed by atoms with Gasteiger partial charge in [-0.25, -0.2) is 9.59 Å². The first-order valence-electron chi connectivity index (χ1n) is 16.9. The van der Waals surface area contributed by atoms with E-state index >= 15 is 0 Å². The fraction of sp³-hybridized carbons (Fsp3) is 0.190. The lowest BCUT2D eigenvalue weighted by molar-refractivity contribution is 0.0732. The summed E-state index contributed by atoms with van der Waals surface area (Å²) >= 11 is 3.41. The van der Waals surface area contributed by atoms with E-state index < -0.39 is 11.9 Å². The zero-order chi connectivity index (χ0) is 35.8. The molecule has 0 N–H and O–H groups in total. The second-order valence-electron chi connectivity index (χ2n) is 11.5. The molecule has 0 radical (unpaired) electrons. The Morgan fingerprint density at radius 1 is 0.569 bits per heavy atom. The summed E-state index contributed by atoms with van der Waals surface area (Å²) in [5.74, 6) is 0.969. The first kappa shape index (κ1) is 36.7. The Morgan fingerprint density at radius 2 is 1.00 bits per heavy atom. The molecule has 0 atom stereocenters. The molecule has 0 bridgehead atoms. The van der Waals surface area contributed by atoms with Crippen LogP contribution in [0.2, 0.25) is 0 Å². The number of halogens is 1. The maximum atomic E-state index is 13.0. The lowest BCUT2D eigenvalue weighted by Crippen LogP contribution is -2.10. The van der Waals surface area contributed by atoms with Gasteiger partial charge in [-0.1, -0.05) is 51.0 Å². The molecule has 0 saturated carbocycles. The molecule has 0 fully saturated rings.